The number of fused-ring (bicyclic) bond motifs is 3. The van der Waals surface area contributed by atoms with Gasteiger partial charge in [-0.1, -0.05) is 91.0 Å². The molecule has 0 atom stereocenters. The lowest BCUT2D eigenvalue weighted by molar-refractivity contribution is 1.18. The topological polar surface area (TPSA) is 28.7 Å². The Morgan fingerprint density at radius 1 is 0.514 bits per heavy atom. The van der Waals surface area contributed by atoms with Gasteiger partial charge in [-0.15, -0.1) is 0 Å². The van der Waals surface area contributed by atoms with E-state index < -0.39 is 0 Å². The Morgan fingerprint density at radius 3 is 1.95 bits per heavy atom. The molecule has 37 heavy (non-hydrogen) atoms. The molecule has 7 aromatic carbocycles. The smallest absolute Gasteiger partial charge is 0.0992 e. The first kappa shape index (κ1) is 20.1. The Balaban J connectivity index is 1.47. The minimum Gasteiger partial charge on any atom is -0.309 e. The van der Waals surface area contributed by atoms with Crippen LogP contribution in [0, 0.1) is 11.3 Å². The van der Waals surface area contributed by atoms with Gasteiger partial charge >= 0.3 is 0 Å². The lowest BCUT2D eigenvalue weighted by Gasteiger charge is -2.14. The van der Waals surface area contributed by atoms with E-state index in [0.717, 1.165) is 22.1 Å². The van der Waals surface area contributed by atoms with Gasteiger partial charge in [0, 0.05) is 16.5 Å². The van der Waals surface area contributed by atoms with E-state index in [9.17, 15) is 5.26 Å². The molecule has 0 amide bonds. The van der Waals surface area contributed by atoms with Crippen molar-refractivity contribution in [3.05, 3.63) is 127 Å². The molecule has 0 bridgehead atoms. The van der Waals surface area contributed by atoms with Crippen molar-refractivity contribution < 1.29 is 0 Å². The highest BCUT2D eigenvalue weighted by Crippen LogP contribution is 2.41. The number of nitriles is 1. The van der Waals surface area contributed by atoms with Gasteiger partial charge in [-0.05, 0) is 73.8 Å². The zero-order valence-electron chi connectivity index (χ0n) is 19.9. The van der Waals surface area contributed by atoms with Gasteiger partial charge in [0.05, 0.1) is 22.7 Å². The summed E-state index contributed by atoms with van der Waals surface area (Å²) in [5.41, 5.74) is 6.36. The van der Waals surface area contributed by atoms with E-state index >= 15 is 0 Å². The molecule has 2 heteroatoms. The SMILES string of the molecule is N#Cc1ccc2c3ccc(-c4ccc5ccc6cccc7ccc4c5c67)cc3n(-c3ccccc3)c2c1. The maximum Gasteiger partial charge on any atom is 0.0992 e. The molecule has 170 valence electrons. The normalized spacial score (nSPS) is 11.8. The van der Waals surface area contributed by atoms with Gasteiger partial charge in [-0.3, -0.25) is 0 Å². The quantitative estimate of drug-likeness (QED) is 0.232. The van der Waals surface area contributed by atoms with E-state index in [1.807, 2.05) is 18.2 Å². The fraction of sp³-hybridized carbons (Fsp3) is 0. The standard InChI is InChI=1S/C35H20N2/c36-21-22-9-15-29-30-17-14-26(20-33(30)37(32(29)19-22)27-7-2-1-3-8-27)28-16-12-25-11-10-23-5-4-6-24-13-18-31(28)35(25)34(23)24/h1-20H. The van der Waals surface area contributed by atoms with E-state index in [1.54, 1.807) is 0 Å². The Labute approximate surface area is 213 Å². The first-order valence-corrected chi connectivity index (χ1v) is 12.5. The highest BCUT2D eigenvalue weighted by atomic mass is 15.0. The third-order valence-electron chi connectivity index (χ3n) is 7.75. The van der Waals surface area contributed by atoms with E-state index in [0.29, 0.717) is 5.56 Å². The third kappa shape index (κ3) is 2.80. The molecule has 0 saturated carbocycles. The van der Waals surface area contributed by atoms with Crippen LogP contribution in [-0.2, 0) is 0 Å². The number of hydrogen-bond acceptors (Lipinski definition) is 1. The zero-order chi connectivity index (χ0) is 24.5. The van der Waals surface area contributed by atoms with Crippen molar-refractivity contribution >= 4 is 54.1 Å². The monoisotopic (exact) mass is 468 g/mol. The maximum absolute atomic E-state index is 9.58. The maximum atomic E-state index is 9.58. The van der Waals surface area contributed by atoms with Gasteiger partial charge < -0.3 is 4.57 Å². The van der Waals surface area contributed by atoms with Crippen molar-refractivity contribution in [3.8, 4) is 22.9 Å². The molecule has 1 aromatic heterocycles. The largest absolute Gasteiger partial charge is 0.309 e. The molecule has 0 spiro atoms. The lowest BCUT2D eigenvalue weighted by atomic mass is 9.90. The Bertz CT molecular complexity index is 2180. The third-order valence-corrected chi connectivity index (χ3v) is 7.75. The van der Waals surface area contributed by atoms with Crippen LogP contribution >= 0.6 is 0 Å². The molecule has 1 heterocycles. The summed E-state index contributed by atoms with van der Waals surface area (Å²) in [6.45, 7) is 0. The molecule has 0 aliphatic heterocycles. The van der Waals surface area contributed by atoms with Gasteiger partial charge in [0.2, 0.25) is 0 Å². The van der Waals surface area contributed by atoms with Crippen molar-refractivity contribution in [2.45, 2.75) is 0 Å². The van der Waals surface area contributed by atoms with Crippen molar-refractivity contribution in [2.24, 2.45) is 0 Å². The summed E-state index contributed by atoms with van der Waals surface area (Å²) < 4.78 is 2.28. The number of benzene rings is 7. The molecule has 0 radical (unpaired) electrons. The molecule has 0 saturated heterocycles. The molecule has 0 fully saturated rings. The Hall–Kier alpha value is -5.13. The molecule has 0 N–H and O–H groups in total. The summed E-state index contributed by atoms with van der Waals surface area (Å²) in [7, 11) is 0. The van der Waals surface area contributed by atoms with Gasteiger partial charge in [-0.25, -0.2) is 0 Å². The summed E-state index contributed by atoms with van der Waals surface area (Å²) in [4.78, 5) is 0. The van der Waals surface area contributed by atoms with E-state index in [1.165, 1.54) is 48.8 Å². The van der Waals surface area contributed by atoms with E-state index in [4.69, 9.17) is 0 Å². The lowest BCUT2D eigenvalue weighted by Crippen LogP contribution is -1.94. The predicted octanol–water partition coefficient (Wildman–Crippen LogP) is 9.22. The molecule has 0 aliphatic carbocycles. The highest BCUT2D eigenvalue weighted by molar-refractivity contribution is 6.25. The van der Waals surface area contributed by atoms with Crippen LogP contribution in [0.1, 0.15) is 5.56 Å². The number of nitrogens with zero attached hydrogens (tertiary/aromatic N) is 2. The van der Waals surface area contributed by atoms with Gasteiger partial charge in [-0.2, -0.15) is 5.26 Å². The molecule has 8 aromatic rings. The first-order chi connectivity index (χ1) is 18.3. The first-order valence-electron chi connectivity index (χ1n) is 12.5. The summed E-state index contributed by atoms with van der Waals surface area (Å²) in [6.07, 6.45) is 0. The van der Waals surface area contributed by atoms with E-state index in [2.05, 4.69) is 114 Å². The average Bonchev–Trinajstić information content (AvgIpc) is 3.29. The Kier molecular flexibility index (Phi) is 4.04. The van der Waals surface area contributed by atoms with Gasteiger partial charge in [0.25, 0.3) is 0 Å². The van der Waals surface area contributed by atoms with Gasteiger partial charge in [0.15, 0.2) is 0 Å². The molecular weight excluding hydrogens is 448 g/mol. The summed E-state index contributed by atoms with van der Waals surface area (Å²) >= 11 is 0. The van der Waals surface area contributed by atoms with Gasteiger partial charge in [0.1, 0.15) is 0 Å². The van der Waals surface area contributed by atoms with Crippen LogP contribution in [0.15, 0.2) is 121 Å². The minimum atomic E-state index is 0.666. The second-order valence-electron chi connectivity index (χ2n) is 9.72. The summed E-state index contributed by atoms with van der Waals surface area (Å²) in [5.74, 6) is 0. The van der Waals surface area contributed by atoms with Crippen molar-refractivity contribution in [2.75, 3.05) is 0 Å². The van der Waals surface area contributed by atoms with Crippen LogP contribution in [-0.4, -0.2) is 4.57 Å². The number of para-hydroxylation sites is 1. The van der Waals surface area contributed by atoms with Crippen molar-refractivity contribution in [1.82, 2.24) is 4.57 Å². The second-order valence-corrected chi connectivity index (χ2v) is 9.72. The van der Waals surface area contributed by atoms with E-state index in [-0.39, 0.29) is 0 Å². The average molecular weight is 469 g/mol. The fourth-order valence-corrected chi connectivity index (χ4v) is 6.10. The number of aromatic nitrogens is 1. The fourth-order valence-electron chi connectivity index (χ4n) is 6.10. The van der Waals surface area contributed by atoms with Crippen molar-refractivity contribution in [3.63, 3.8) is 0 Å². The zero-order valence-corrected chi connectivity index (χ0v) is 19.9. The molecule has 0 unspecified atom stereocenters. The molecular formula is C35H20N2. The Morgan fingerprint density at radius 2 is 1.16 bits per heavy atom. The molecule has 0 aliphatic rings. The van der Waals surface area contributed by atoms with Crippen molar-refractivity contribution in [1.29, 1.82) is 5.26 Å². The summed E-state index contributed by atoms with van der Waals surface area (Å²) in [5, 5.41) is 19.7. The van der Waals surface area contributed by atoms with Crippen LogP contribution in [0.25, 0.3) is 70.9 Å². The molecule has 2 nitrogen and oxygen atoms in total. The highest BCUT2D eigenvalue weighted by Gasteiger charge is 2.16. The van der Waals surface area contributed by atoms with Crippen LogP contribution in [0.2, 0.25) is 0 Å². The van der Waals surface area contributed by atoms with Crippen LogP contribution in [0.5, 0.6) is 0 Å². The van der Waals surface area contributed by atoms with Crippen LogP contribution < -0.4 is 0 Å². The minimum absolute atomic E-state index is 0.666. The molecule has 8 rings (SSSR count). The predicted molar refractivity (Wildman–Crippen MR) is 155 cm³/mol. The number of rotatable bonds is 2. The van der Waals surface area contributed by atoms with Crippen LogP contribution in [0.4, 0.5) is 0 Å². The van der Waals surface area contributed by atoms with Crippen LogP contribution in [0.3, 0.4) is 0 Å². The number of hydrogen-bond donors (Lipinski definition) is 0. The summed E-state index contributed by atoms with van der Waals surface area (Å²) in [6, 6.07) is 45.5. The second kappa shape index (κ2) is 7.43.